The maximum absolute atomic E-state index is 12.6. The molecule has 0 radical (unpaired) electrons. The van der Waals surface area contributed by atoms with Crippen molar-refractivity contribution < 1.29 is 29.3 Å². The summed E-state index contributed by atoms with van der Waals surface area (Å²) in [6, 6.07) is 16.0. The van der Waals surface area contributed by atoms with Crippen LogP contribution in [0.3, 0.4) is 0 Å². The quantitative estimate of drug-likeness (QED) is 0.523. The van der Waals surface area contributed by atoms with Crippen molar-refractivity contribution in [3.8, 4) is 11.1 Å². The van der Waals surface area contributed by atoms with E-state index in [2.05, 4.69) is 17.4 Å². The Balaban J connectivity index is 1.27. The van der Waals surface area contributed by atoms with Crippen molar-refractivity contribution in [1.82, 2.24) is 10.2 Å². The summed E-state index contributed by atoms with van der Waals surface area (Å²) in [4.78, 5) is 37.4. The molecule has 0 aliphatic heterocycles. The van der Waals surface area contributed by atoms with Crippen LogP contribution in [-0.4, -0.2) is 64.9 Å². The van der Waals surface area contributed by atoms with Crippen LogP contribution in [0.4, 0.5) is 4.79 Å². The van der Waals surface area contributed by atoms with Gasteiger partial charge in [0.25, 0.3) is 0 Å². The van der Waals surface area contributed by atoms with Crippen LogP contribution in [-0.2, 0) is 14.3 Å². The fourth-order valence-corrected chi connectivity index (χ4v) is 5.02. The second kappa shape index (κ2) is 10.7. The summed E-state index contributed by atoms with van der Waals surface area (Å²) in [5.41, 5.74) is 4.48. The Hall–Kier alpha value is -3.39. The summed E-state index contributed by atoms with van der Waals surface area (Å²) < 4.78 is 5.44. The average Bonchev–Trinajstić information content (AvgIpc) is 3.46. The fourth-order valence-electron chi connectivity index (χ4n) is 5.02. The highest BCUT2D eigenvalue weighted by molar-refractivity contribution is 5.82. The van der Waals surface area contributed by atoms with Gasteiger partial charge >= 0.3 is 12.1 Å². The maximum atomic E-state index is 12.6. The number of aliphatic hydroxyl groups is 1. The van der Waals surface area contributed by atoms with Gasteiger partial charge < -0.3 is 25.2 Å². The Bertz CT molecular complexity index is 1000. The van der Waals surface area contributed by atoms with Gasteiger partial charge in [0.2, 0.25) is 5.91 Å². The van der Waals surface area contributed by atoms with Crippen molar-refractivity contribution in [2.75, 3.05) is 19.7 Å². The number of benzene rings is 2. The molecule has 8 nitrogen and oxygen atoms in total. The molecule has 3 N–H and O–H groups in total. The van der Waals surface area contributed by atoms with Gasteiger partial charge in [-0.15, -0.1) is 0 Å². The molecule has 0 heterocycles. The van der Waals surface area contributed by atoms with Crippen LogP contribution < -0.4 is 5.32 Å². The van der Waals surface area contributed by atoms with Crippen molar-refractivity contribution in [3.05, 3.63) is 59.7 Å². The minimum absolute atomic E-state index is 0.0689. The molecule has 0 bridgehead atoms. The topological polar surface area (TPSA) is 116 Å². The Kier molecular flexibility index (Phi) is 7.47. The molecular weight excluding hydrogens is 436 g/mol. The van der Waals surface area contributed by atoms with Crippen LogP contribution in [0, 0.1) is 0 Å². The first-order valence-corrected chi connectivity index (χ1v) is 11.7. The summed E-state index contributed by atoms with van der Waals surface area (Å²) in [5.74, 6) is -1.57. The number of carboxylic acids is 1. The summed E-state index contributed by atoms with van der Waals surface area (Å²) in [7, 11) is 0. The van der Waals surface area contributed by atoms with E-state index in [0.717, 1.165) is 47.9 Å². The first-order chi connectivity index (χ1) is 16.4. The Morgan fingerprint density at radius 2 is 1.59 bits per heavy atom. The molecule has 1 saturated carbocycles. The third kappa shape index (κ3) is 5.39. The second-order valence-electron chi connectivity index (χ2n) is 8.92. The highest BCUT2D eigenvalue weighted by atomic mass is 16.5. The van der Waals surface area contributed by atoms with Gasteiger partial charge in [-0.05, 0) is 35.1 Å². The lowest BCUT2D eigenvalue weighted by Crippen LogP contribution is -2.44. The van der Waals surface area contributed by atoms with E-state index in [4.69, 9.17) is 9.84 Å². The van der Waals surface area contributed by atoms with Gasteiger partial charge in [0.1, 0.15) is 13.2 Å². The highest BCUT2D eigenvalue weighted by Gasteiger charge is 2.30. The lowest BCUT2D eigenvalue weighted by Gasteiger charge is -2.28. The SMILES string of the molecule is O=C(O)CN(C(=O)CC(O)CNC(=O)OCC1c2ccccc2-c2ccccc21)C1CCCC1. The van der Waals surface area contributed by atoms with E-state index in [1.54, 1.807) is 0 Å². The summed E-state index contributed by atoms with van der Waals surface area (Å²) in [6.07, 6.45) is 1.39. The number of carbonyl (C=O) groups excluding carboxylic acids is 2. The van der Waals surface area contributed by atoms with Gasteiger partial charge in [-0.1, -0.05) is 61.4 Å². The van der Waals surface area contributed by atoms with E-state index in [0.29, 0.717) is 0 Å². The minimum atomic E-state index is -1.13. The van der Waals surface area contributed by atoms with Gasteiger partial charge in [0.15, 0.2) is 0 Å². The molecule has 34 heavy (non-hydrogen) atoms. The molecule has 0 saturated heterocycles. The van der Waals surface area contributed by atoms with Crippen LogP contribution >= 0.6 is 0 Å². The van der Waals surface area contributed by atoms with E-state index >= 15 is 0 Å². The summed E-state index contributed by atoms with van der Waals surface area (Å²) >= 11 is 0. The number of aliphatic carboxylic acids is 1. The minimum Gasteiger partial charge on any atom is -0.480 e. The number of carboxylic acid groups (broad SMARTS) is 1. The van der Waals surface area contributed by atoms with Gasteiger partial charge in [0.05, 0.1) is 12.5 Å². The number of fused-ring (bicyclic) bond motifs is 3. The first-order valence-electron chi connectivity index (χ1n) is 11.7. The van der Waals surface area contributed by atoms with Crippen LogP contribution in [0.15, 0.2) is 48.5 Å². The zero-order chi connectivity index (χ0) is 24.1. The van der Waals surface area contributed by atoms with Gasteiger partial charge in [0, 0.05) is 18.5 Å². The molecule has 1 atom stereocenters. The van der Waals surface area contributed by atoms with Crippen molar-refractivity contribution in [2.45, 2.75) is 50.2 Å². The molecule has 1 unspecified atom stereocenters. The van der Waals surface area contributed by atoms with Gasteiger partial charge in [-0.3, -0.25) is 9.59 Å². The number of rotatable bonds is 9. The van der Waals surface area contributed by atoms with Crippen LogP contribution in [0.1, 0.15) is 49.1 Å². The molecule has 2 aromatic carbocycles. The lowest BCUT2D eigenvalue weighted by atomic mass is 9.98. The largest absolute Gasteiger partial charge is 0.480 e. The number of nitrogens with zero attached hydrogens (tertiary/aromatic N) is 1. The normalized spacial score (nSPS) is 15.9. The number of aliphatic hydroxyl groups excluding tert-OH is 1. The van der Waals surface area contributed by atoms with E-state index < -0.39 is 24.1 Å². The van der Waals surface area contributed by atoms with Crippen molar-refractivity contribution in [3.63, 3.8) is 0 Å². The zero-order valence-corrected chi connectivity index (χ0v) is 19.0. The number of ether oxygens (including phenoxy) is 1. The van der Waals surface area contributed by atoms with Crippen LogP contribution in [0.2, 0.25) is 0 Å². The van der Waals surface area contributed by atoms with Crippen LogP contribution in [0.25, 0.3) is 11.1 Å². The predicted octanol–water partition coefficient (Wildman–Crippen LogP) is 3.13. The van der Waals surface area contributed by atoms with E-state index in [-0.39, 0.29) is 38.1 Å². The molecule has 180 valence electrons. The molecular formula is C26H30N2O6. The molecule has 8 heteroatoms. The summed E-state index contributed by atoms with van der Waals surface area (Å²) in [6.45, 7) is -0.382. The Morgan fingerprint density at radius 1 is 1.00 bits per heavy atom. The number of alkyl carbamates (subject to hydrolysis) is 1. The third-order valence-electron chi connectivity index (χ3n) is 6.63. The average molecular weight is 467 g/mol. The first kappa shape index (κ1) is 23.8. The van der Waals surface area contributed by atoms with E-state index in [9.17, 15) is 19.5 Å². The zero-order valence-electron chi connectivity index (χ0n) is 19.0. The van der Waals surface area contributed by atoms with E-state index in [1.807, 2.05) is 36.4 Å². The number of nitrogens with one attached hydrogen (secondary N) is 1. The van der Waals surface area contributed by atoms with Crippen LogP contribution in [0.5, 0.6) is 0 Å². The monoisotopic (exact) mass is 466 g/mol. The molecule has 0 spiro atoms. The van der Waals surface area contributed by atoms with Crippen molar-refractivity contribution in [1.29, 1.82) is 0 Å². The fraction of sp³-hybridized carbons (Fsp3) is 0.423. The van der Waals surface area contributed by atoms with Gasteiger partial charge in [-0.2, -0.15) is 0 Å². The van der Waals surface area contributed by atoms with Crippen molar-refractivity contribution in [2.24, 2.45) is 0 Å². The maximum Gasteiger partial charge on any atom is 0.407 e. The van der Waals surface area contributed by atoms with Gasteiger partial charge in [-0.25, -0.2) is 4.79 Å². The molecule has 2 amide bonds. The van der Waals surface area contributed by atoms with E-state index in [1.165, 1.54) is 4.90 Å². The lowest BCUT2D eigenvalue weighted by molar-refractivity contribution is -0.147. The highest BCUT2D eigenvalue weighted by Crippen LogP contribution is 2.44. The number of carbonyl (C=O) groups is 3. The Labute approximate surface area is 198 Å². The summed E-state index contributed by atoms with van der Waals surface area (Å²) in [5, 5.41) is 21.9. The standard InChI is InChI=1S/C26H30N2O6/c29-18(13-24(30)28(15-25(31)32)17-7-1-2-8-17)14-27-26(33)34-16-23-21-11-5-3-9-19(21)20-10-4-6-12-22(20)23/h3-6,9-12,17-18,23,29H,1-2,7-8,13-16H2,(H,27,33)(H,31,32). The molecule has 1 fully saturated rings. The molecule has 2 aliphatic rings. The molecule has 4 rings (SSSR count). The molecule has 2 aromatic rings. The second-order valence-corrected chi connectivity index (χ2v) is 8.92. The number of amides is 2. The number of hydrogen-bond acceptors (Lipinski definition) is 5. The molecule has 2 aliphatic carbocycles. The Morgan fingerprint density at radius 3 is 2.18 bits per heavy atom. The number of hydrogen-bond donors (Lipinski definition) is 3. The predicted molar refractivity (Wildman–Crippen MR) is 125 cm³/mol. The molecule has 0 aromatic heterocycles. The van der Waals surface area contributed by atoms with Crippen molar-refractivity contribution >= 4 is 18.0 Å². The third-order valence-corrected chi connectivity index (χ3v) is 6.63. The smallest absolute Gasteiger partial charge is 0.407 e.